The molecule has 0 radical (unpaired) electrons. The summed E-state index contributed by atoms with van der Waals surface area (Å²) in [5.74, 6) is -0.503. The molecule has 0 aromatic heterocycles. The van der Waals surface area contributed by atoms with Crippen LogP contribution >= 0.6 is 15.9 Å². The molecule has 68 valence electrons. The molecule has 0 spiro atoms. The third-order valence-electron chi connectivity index (χ3n) is 1.62. The molecule has 0 saturated heterocycles. The summed E-state index contributed by atoms with van der Waals surface area (Å²) in [6.07, 6.45) is -1.18. The van der Waals surface area contributed by atoms with E-state index in [9.17, 15) is 9.50 Å². The summed E-state index contributed by atoms with van der Waals surface area (Å²) in [6.45, 7) is 0. The van der Waals surface area contributed by atoms with Crippen molar-refractivity contribution >= 4 is 15.9 Å². The lowest BCUT2D eigenvalue weighted by molar-refractivity contribution is 0.177. The predicted molar refractivity (Wildman–Crippen MR) is 49.3 cm³/mol. The summed E-state index contributed by atoms with van der Waals surface area (Å²) in [5, 5.41) is 17.7. The molecule has 0 fully saturated rings. The smallest absolute Gasteiger partial charge is 0.130 e. The van der Waals surface area contributed by atoms with Gasteiger partial charge >= 0.3 is 0 Å². The van der Waals surface area contributed by atoms with Gasteiger partial charge in [0.1, 0.15) is 5.82 Å². The van der Waals surface area contributed by atoms with Crippen molar-refractivity contribution in [1.82, 2.24) is 0 Å². The number of benzene rings is 1. The third kappa shape index (κ3) is 2.27. The normalized spacial score (nSPS) is 12.2. The number of aliphatic hydroxyl groups is 1. The van der Waals surface area contributed by atoms with Crippen LogP contribution in [0.1, 0.15) is 18.1 Å². The van der Waals surface area contributed by atoms with E-state index in [-0.39, 0.29) is 12.0 Å². The fourth-order valence-corrected chi connectivity index (χ4v) is 1.62. The fourth-order valence-electron chi connectivity index (χ4n) is 1.02. The molecule has 2 nitrogen and oxygen atoms in total. The first-order valence-electron chi connectivity index (χ1n) is 3.65. The lowest BCUT2D eigenvalue weighted by Gasteiger charge is -2.09. The Morgan fingerprint density at radius 2 is 2.31 bits per heavy atom. The van der Waals surface area contributed by atoms with Gasteiger partial charge in [-0.3, -0.25) is 0 Å². The van der Waals surface area contributed by atoms with E-state index in [1.807, 2.05) is 0 Å². The van der Waals surface area contributed by atoms with Crippen molar-refractivity contribution in [2.45, 2.75) is 12.5 Å². The molecule has 0 aliphatic rings. The van der Waals surface area contributed by atoms with Crippen molar-refractivity contribution in [3.8, 4) is 6.07 Å². The summed E-state index contributed by atoms with van der Waals surface area (Å²) in [4.78, 5) is 0. The second-order valence-corrected chi connectivity index (χ2v) is 3.37. The summed E-state index contributed by atoms with van der Waals surface area (Å²) in [5.41, 5.74) is 0.143. The Morgan fingerprint density at radius 3 is 2.85 bits per heavy atom. The maximum atomic E-state index is 13.1. The number of hydrogen-bond acceptors (Lipinski definition) is 2. The highest BCUT2D eigenvalue weighted by atomic mass is 79.9. The van der Waals surface area contributed by atoms with Crippen LogP contribution in [0.5, 0.6) is 0 Å². The molecule has 1 N–H and O–H groups in total. The van der Waals surface area contributed by atoms with Crippen LogP contribution in [0.4, 0.5) is 4.39 Å². The maximum Gasteiger partial charge on any atom is 0.130 e. The van der Waals surface area contributed by atoms with Gasteiger partial charge in [-0.05, 0) is 12.1 Å². The number of halogens is 2. The number of hydrogen-bond donors (Lipinski definition) is 1. The summed E-state index contributed by atoms with van der Waals surface area (Å²) in [7, 11) is 0. The van der Waals surface area contributed by atoms with Crippen LogP contribution in [0, 0.1) is 17.1 Å². The Morgan fingerprint density at radius 1 is 1.62 bits per heavy atom. The third-order valence-corrected chi connectivity index (χ3v) is 2.31. The van der Waals surface area contributed by atoms with Gasteiger partial charge in [0.2, 0.25) is 0 Å². The van der Waals surface area contributed by atoms with Gasteiger partial charge in [0, 0.05) is 10.0 Å². The van der Waals surface area contributed by atoms with Gasteiger partial charge in [-0.25, -0.2) is 4.39 Å². The van der Waals surface area contributed by atoms with Crippen LogP contribution < -0.4 is 0 Å². The lowest BCUT2D eigenvalue weighted by atomic mass is 10.1. The first kappa shape index (κ1) is 10.2. The van der Waals surface area contributed by atoms with Gasteiger partial charge in [-0.1, -0.05) is 22.0 Å². The number of nitrogens with zero attached hydrogens (tertiary/aromatic N) is 1. The van der Waals surface area contributed by atoms with E-state index in [0.717, 1.165) is 0 Å². The molecule has 4 heteroatoms. The van der Waals surface area contributed by atoms with Crippen LogP contribution in [0.2, 0.25) is 0 Å². The largest absolute Gasteiger partial charge is 0.387 e. The topological polar surface area (TPSA) is 44.0 Å². The number of aliphatic hydroxyl groups excluding tert-OH is 1. The molecule has 13 heavy (non-hydrogen) atoms. The minimum absolute atomic E-state index is 0.112. The molecule has 1 atom stereocenters. The highest BCUT2D eigenvalue weighted by Gasteiger charge is 2.15. The molecule has 1 rings (SSSR count). The van der Waals surface area contributed by atoms with E-state index < -0.39 is 11.9 Å². The van der Waals surface area contributed by atoms with Crippen molar-refractivity contribution in [2.24, 2.45) is 0 Å². The first-order valence-corrected chi connectivity index (χ1v) is 4.45. The quantitative estimate of drug-likeness (QED) is 0.868. The molecule has 0 bridgehead atoms. The fraction of sp³-hybridized carbons (Fsp3) is 0.222. The Hall–Kier alpha value is -0.920. The van der Waals surface area contributed by atoms with Crippen LogP contribution in [0.15, 0.2) is 22.7 Å². The molecule has 0 saturated carbocycles. The van der Waals surface area contributed by atoms with Crippen LogP contribution in [-0.4, -0.2) is 5.11 Å². The first-order chi connectivity index (χ1) is 6.16. The SMILES string of the molecule is N#CCC(O)c1c(F)cccc1Br. The average Bonchev–Trinajstić information content (AvgIpc) is 2.04. The molecule has 1 aromatic rings. The monoisotopic (exact) mass is 243 g/mol. The second-order valence-electron chi connectivity index (χ2n) is 2.51. The molecule has 0 aliphatic heterocycles. The summed E-state index contributed by atoms with van der Waals surface area (Å²) >= 11 is 3.11. The predicted octanol–water partition coefficient (Wildman–Crippen LogP) is 2.54. The van der Waals surface area contributed by atoms with Gasteiger partial charge in [0.25, 0.3) is 0 Å². The van der Waals surface area contributed by atoms with Crippen molar-refractivity contribution < 1.29 is 9.50 Å². The van der Waals surface area contributed by atoms with Gasteiger partial charge in [0.15, 0.2) is 0 Å². The minimum Gasteiger partial charge on any atom is -0.387 e. The zero-order chi connectivity index (χ0) is 9.84. The maximum absolute atomic E-state index is 13.1. The van der Waals surface area contributed by atoms with Gasteiger partial charge < -0.3 is 5.11 Å². The van der Waals surface area contributed by atoms with E-state index >= 15 is 0 Å². The van der Waals surface area contributed by atoms with Crippen molar-refractivity contribution in [1.29, 1.82) is 5.26 Å². The van der Waals surface area contributed by atoms with Gasteiger partial charge in [0.05, 0.1) is 18.6 Å². The van der Waals surface area contributed by atoms with Crippen molar-refractivity contribution in [3.05, 3.63) is 34.1 Å². The average molecular weight is 244 g/mol. The van der Waals surface area contributed by atoms with E-state index in [4.69, 9.17) is 5.26 Å². The Labute approximate surface area is 83.7 Å². The van der Waals surface area contributed by atoms with E-state index in [2.05, 4.69) is 15.9 Å². The molecule has 1 aromatic carbocycles. The Kier molecular flexibility index (Phi) is 3.40. The number of nitriles is 1. The van der Waals surface area contributed by atoms with Crippen LogP contribution in [0.25, 0.3) is 0 Å². The zero-order valence-corrected chi connectivity index (χ0v) is 8.25. The van der Waals surface area contributed by atoms with E-state index in [1.165, 1.54) is 12.1 Å². The molecular formula is C9H7BrFNO. The molecular weight excluding hydrogens is 237 g/mol. The second kappa shape index (κ2) is 4.35. The minimum atomic E-state index is -1.07. The highest BCUT2D eigenvalue weighted by molar-refractivity contribution is 9.10. The van der Waals surface area contributed by atoms with Crippen LogP contribution in [0.3, 0.4) is 0 Å². The highest BCUT2D eigenvalue weighted by Crippen LogP contribution is 2.27. The number of rotatable bonds is 2. The molecule has 0 aliphatic carbocycles. The molecule has 0 heterocycles. The Bertz CT molecular complexity index is 328. The van der Waals surface area contributed by atoms with E-state index in [0.29, 0.717) is 4.47 Å². The molecule has 0 amide bonds. The van der Waals surface area contributed by atoms with Crippen molar-refractivity contribution in [2.75, 3.05) is 0 Å². The van der Waals surface area contributed by atoms with E-state index in [1.54, 1.807) is 12.1 Å². The van der Waals surface area contributed by atoms with Crippen molar-refractivity contribution in [3.63, 3.8) is 0 Å². The zero-order valence-electron chi connectivity index (χ0n) is 6.67. The lowest BCUT2D eigenvalue weighted by Crippen LogP contribution is -2.00. The summed E-state index contributed by atoms with van der Waals surface area (Å²) < 4.78 is 13.6. The Balaban J connectivity index is 3.06. The van der Waals surface area contributed by atoms with Gasteiger partial charge in [-0.15, -0.1) is 0 Å². The molecule has 1 unspecified atom stereocenters. The standard InChI is InChI=1S/C9H7BrFNO/c10-6-2-1-3-7(11)9(6)8(13)4-5-12/h1-3,8,13H,4H2. The van der Waals surface area contributed by atoms with Crippen LogP contribution in [-0.2, 0) is 0 Å². The summed E-state index contributed by atoms with van der Waals surface area (Å²) in [6, 6.07) is 6.19. The van der Waals surface area contributed by atoms with Gasteiger partial charge in [-0.2, -0.15) is 5.26 Å².